The van der Waals surface area contributed by atoms with Crippen molar-refractivity contribution in [2.24, 2.45) is 7.05 Å². The molecule has 0 fully saturated rings. The van der Waals surface area contributed by atoms with Crippen LogP contribution < -0.4 is 5.32 Å². The summed E-state index contributed by atoms with van der Waals surface area (Å²) in [5, 5.41) is 3.40. The first-order valence-corrected chi connectivity index (χ1v) is 6.47. The minimum Gasteiger partial charge on any atom is -0.338 e. The van der Waals surface area contributed by atoms with E-state index in [4.69, 9.17) is 0 Å². The topological polar surface area (TPSA) is 47.7 Å². The summed E-state index contributed by atoms with van der Waals surface area (Å²) in [5.41, 5.74) is 1.23. The van der Waals surface area contributed by atoms with Gasteiger partial charge in [0.05, 0.1) is 12.0 Å². The highest BCUT2D eigenvalue weighted by atomic mass is 15.1. The third-order valence-electron chi connectivity index (χ3n) is 3.03. The van der Waals surface area contributed by atoms with Gasteiger partial charge in [-0.3, -0.25) is 0 Å². The number of aryl methyl sites for hydroxylation is 3. The third-order valence-corrected chi connectivity index (χ3v) is 3.03. The van der Waals surface area contributed by atoms with Crippen molar-refractivity contribution < 1.29 is 0 Å². The van der Waals surface area contributed by atoms with Crippen LogP contribution >= 0.6 is 0 Å². The molecule has 5 heteroatoms. The molecule has 0 saturated heterocycles. The van der Waals surface area contributed by atoms with E-state index in [0.29, 0.717) is 0 Å². The molecule has 18 heavy (non-hydrogen) atoms. The summed E-state index contributed by atoms with van der Waals surface area (Å²) in [5.74, 6) is 1.11. The van der Waals surface area contributed by atoms with Crippen LogP contribution in [0.5, 0.6) is 0 Å². The van der Waals surface area contributed by atoms with Gasteiger partial charge in [-0.2, -0.15) is 0 Å². The van der Waals surface area contributed by atoms with Crippen LogP contribution in [0, 0.1) is 0 Å². The monoisotopic (exact) mass is 247 g/mol. The van der Waals surface area contributed by atoms with Gasteiger partial charge in [-0.15, -0.1) is 0 Å². The van der Waals surface area contributed by atoms with Gasteiger partial charge in [-0.25, -0.2) is 9.97 Å². The molecular weight excluding hydrogens is 226 g/mol. The molecule has 5 nitrogen and oxygen atoms in total. The van der Waals surface area contributed by atoms with Crippen LogP contribution in [0.15, 0.2) is 24.9 Å². The minimum atomic E-state index is 0.883. The maximum atomic E-state index is 4.33. The van der Waals surface area contributed by atoms with E-state index in [9.17, 15) is 0 Å². The Balaban J connectivity index is 1.89. The molecule has 0 radical (unpaired) electrons. The molecule has 0 aliphatic heterocycles. The number of imidazole rings is 2. The Morgan fingerprint density at radius 1 is 1.39 bits per heavy atom. The molecule has 0 aliphatic carbocycles. The zero-order valence-corrected chi connectivity index (χ0v) is 11.1. The van der Waals surface area contributed by atoms with Crippen molar-refractivity contribution in [3.8, 4) is 0 Å². The summed E-state index contributed by atoms with van der Waals surface area (Å²) < 4.78 is 4.25. The molecule has 0 aromatic carbocycles. The van der Waals surface area contributed by atoms with Gasteiger partial charge in [-0.1, -0.05) is 6.92 Å². The van der Waals surface area contributed by atoms with E-state index in [-0.39, 0.29) is 0 Å². The summed E-state index contributed by atoms with van der Waals surface area (Å²) in [6.45, 7) is 5.03. The molecule has 0 unspecified atom stereocenters. The van der Waals surface area contributed by atoms with Crippen LogP contribution in [0.25, 0.3) is 0 Å². The van der Waals surface area contributed by atoms with Gasteiger partial charge in [0, 0.05) is 45.1 Å². The molecule has 2 aromatic heterocycles. The Bertz CT molecular complexity index is 471. The molecule has 0 bridgehead atoms. The number of nitrogens with zero attached hydrogens (tertiary/aromatic N) is 4. The summed E-state index contributed by atoms with van der Waals surface area (Å²) in [7, 11) is 2.03. The fourth-order valence-corrected chi connectivity index (χ4v) is 1.95. The molecule has 2 aromatic rings. The van der Waals surface area contributed by atoms with E-state index in [0.717, 1.165) is 38.3 Å². The quantitative estimate of drug-likeness (QED) is 0.752. The number of rotatable bonds is 7. The molecular formula is C13H21N5. The van der Waals surface area contributed by atoms with Gasteiger partial charge in [-0.05, 0) is 13.0 Å². The lowest BCUT2D eigenvalue weighted by molar-refractivity contribution is 0.590. The molecule has 0 spiro atoms. The van der Waals surface area contributed by atoms with Gasteiger partial charge in [0.1, 0.15) is 5.82 Å². The van der Waals surface area contributed by atoms with Crippen molar-refractivity contribution in [2.75, 3.05) is 6.54 Å². The lowest BCUT2D eigenvalue weighted by atomic mass is 10.3. The second kappa shape index (κ2) is 6.35. The van der Waals surface area contributed by atoms with E-state index >= 15 is 0 Å². The van der Waals surface area contributed by atoms with E-state index in [1.165, 1.54) is 5.69 Å². The SMILES string of the molecule is CCCNCc1cncn1CCc1nccn1C. The van der Waals surface area contributed by atoms with Crippen molar-refractivity contribution in [2.45, 2.75) is 32.9 Å². The van der Waals surface area contributed by atoms with Gasteiger partial charge in [0.25, 0.3) is 0 Å². The second-order valence-corrected chi connectivity index (χ2v) is 4.46. The number of hydrogen-bond acceptors (Lipinski definition) is 3. The Kier molecular flexibility index (Phi) is 4.52. The Labute approximate surface area is 108 Å². The van der Waals surface area contributed by atoms with Crippen LogP contribution in [-0.2, 0) is 26.6 Å². The zero-order valence-electron chi connectivity index (χ0n) is 11.1. The van der Waals surface area contributed by atoms with Gasteiger partial charge in [0.15, 0.2) is 0 Å². The molecule has 0 saturated carbocycles. The van der Waals surface area contributed by atoms with Crippen LogP contribution in [0.3, 0.4) is 0 Å². The standard InChI is InChI=1S/C13H21N5/c1-3-5-14-9-12-10-15-11-18(12)7-4-13-16-6-8-17(13)2/h6,8,10-11,14H,3-5,7,9H2,1-2H3. The Morgan fingerprint density at radius 2 is 2.28 bits per heavy atom. The highest BCUT2D eigenvalue weighted by Gasteiger charge is 2.04. The predicted octanol–water partition coefficient (Wildman–Crippen LogP) is 1.36. The summed E-state index contributed by atoms with van der Waals surface area (Å²) >= 11 is 0. The largest absolute Gasteiger partial charge is 0.338 e. The van der Waals surface area contributed by atoms with Crippen LogP contribution in [-0.4, -0.2) is 25.6 Å². The smallest absolute Gasteiger partial charge is 0.110 e. The molecule has 0 aliphatic rings. The van der Waals surface area contributed by atoms with Crippen molar-refractivity contribution in [3.05, 3.63) is 36.4 Å². The maximum Gasteiger partial charge on any atom is 0.110 e. The number of nitrogens with one attached hydrogen (secondary N) is 1. The average molecular weight is 247 g/mol. The van der Waals surface area contributed by atoms with E-state index < -0.39 is 0 Å². The van der Waals surface area contributed by atoms with Gasteiger partial charge >= 0.3 is 0 Å². The molecule has 2 heterocycles. The molecule has 2 rings (SSSR count). The lowest BCUT2D eigenvalue weighted by Gasteiger charge is -2.08. The normalized spacial score (nSPS) is 11.0. The van der Waals surface area contributed by atoms with Crippen molar-refractivity contribution in [1.82, 2.24) is 24.4 Å². The van der Waals surface area contributed by atoms with Crippen molar-refractivity contribution >= 4 is 0 Å². The highest BCUT2D eigenvalue weighted by Crippen LogP contribution is 2.03. The lowest BCUT2D eigenvalue weighted by Crippen LogP contribution is -2.17. The van der Waals surface area contributed by atoms with E-state index in [2.05, 4.69) is 31.3 Å². The Hall–Kier alpha value is -1.62. The highest BCUT2D eigenvalue weighted by molar-refractivity contribution is 4.99. The van der Waals surface area contributed by atoms with E-state index in [1.54, 1.807) is 0 Å². The van der Waals surface area contributed by atoms with Crippen molar-refractivity contribution in [3.63, 3.8) is 0 Å². The minimum absolute atomic E-state index is 0.883. The molecule has 0 amide bonds. The first-order valence-electron chi connectivity index (χ1n) is 6.47. The second-order valence-electron chi connectivity index (χ2n) is 4.46. The molecule has 0 atom stereocenters. The van der Waals surface area contributed by atoms with Crippen molar-refractivity contribution in [1.29, 1.82) is 0 Å². The average Bonchev–Trinajstić information content (AvgIpc) is 2.96. The van der Waals surface area contributed by atoms with Crippen LogP contribution in [0.1, 0.15) is 24.9 Å². The van der Waals surface area contributed by atoms with Crippen LogP contribution in [0.4, 0.5) is 0 Å². The zero-order chi connectivity index (χ0) is 12.8. The summed E-state index contributed by atoms with van der Waals surface area (Å²) in [6, 6.07) is 0. The number of aromatic nitrogens is 4. The van der Waals surface area contributed by atoms with Gasteiger partial charge < -0.3 is 14.5 Å². The van der Waals surface area contributed by atoms with E-state index in [1.807, 2.05) is 32.0 Å². The first kappa shape index (κ1) is 12.8. The number of hydrogen-bond donors (Lipinski definition) is 1. The Morgan fingerprint density at radius 3 is 3.00 bits per heavy atom. The third kappa shape index (κ3) is 3.20. The molecule has 1 N–H and O–H groups in total. The predicted molar refractivity (Wildman–Crippen MR) is 71.1 cm³/mol. The fraction of sp³-hybridized carbons (Fsp3) is 0.538. The summed E-state index contributed by atoms with van der Waals surface area (Å²) in [6.07, 6.45) is 9.73. The first-order chi connectivity index (χ1) is 8.81. The maximum absolute atomic E-state index is 4.33. The molecule has 98 valence electrons. The van der Waals surface area contributed by atoms with Gasteiger partial charge in [0.2, 0.25) is 0 Å². The fourth-order valence-electron chi connectivity index (χ4n) is 1.95. The summed E-state index contributed by atoms with van der Waals surface area (Å²) in [4.78, 5) is 8.55. The van der Waals surface area contributed by atoms with Crippen LogP contribution in [0.2, 0.25) is 0 Å².